The Morgan fingerprint density at radius 3 is 2.80 bits per heavy atom. The predicted octanol–water partition coefficient (Wildman–Crippen LogP) is 1.45. The molecule has 0 spiro atoms. The standard InChI is InChI=1S/C11H21N3O/c1-8(2)4-10(12)6-13-7-11-5-9(3)15-14-11/h5,8,10,13H,4,6-7,12H2,1-3H3. The van der Waals surface area contributed by atoms with Crippen molar-refractivity contribution in [1.82, 2.24) is 10.5 Å². The summed E-state index contributed by atoms with van der Waals surface area (Å²) in [5, 5.41) is 7.17. The topological polar surface area (TPSA) is 64.1 Å². The summed E-state index contributed by atoms with van der Waals surface area (Å²) >= 11 is 0. The first kappa shape index (κ1) is 12.2. The molecule has 0 aliphatic rings. The van der Waals surface area contributed by atoms with Crippen molar-refractivity contribution < 1.29 is 4.52 Å². The van der Waals surface area contributed by atoms with Gasteiger partial charge in [0.1, 0.15) is 5.76 Å². The average molecular weight is 211 g/mol. The van der Waals surface area contributed by atoms with Crippen molar-refractivity contribution in [3.63, 3.8) is 0 Å². The summed E-state index contributed by atoms with van der Waals surface area (Å²) in [6.45, 7) is 7.80. The van der Waals surface area contributed by atoms with Crippen LogP contribution in [-0.2, 0) is 6.54 Å². The number of aromatic nitrogens is 1. The van der Waals surface area contributed by atoms with E-state index in [-0.39, 0.29) is 6.04 Å². The van der Waals surface area contributed by atoms with E-state index in [1.54, 1.807) is 0 Å². The Hall–Kier alpha value is -0.870. The van der Waals surface area contributed by atoms with Crippen molar-refractivity contribution in [3.8, 4) is 0 Å². The van der Waals surface area contributed by atoms with Gasteiger partial charge in [-0.15, -0.1) is 0 Å². The molecule has 3 N–H and O–H groups in total. The van der Waals surface area contributed by atoms with Crippen molar-refractivity contribution >= 4 is 0 Å². The van der Waals surface area contributed by atoms with Crippen molar-refractivity contribution in [2.45, 2.75) is 39.8 Å². The summed E-state index contributed by atoms with van der Waals surface area (Å²) in [7, 11) is 0. The Morgan fingerprint density at radius 1 is 1.53 bits per heavy atom. The molecule has 1 aromatic heterocycles. The molecule has 0 radical (unpaired) electrons. The molecule has 0 aliphatic carbocycles. The van der Waals surface area contributed by atoms with Crippen LogP contribution in [0.15, 0.2) is 10.6 Å². The highest BCUT2D eigenvalue weighted by molar-refractivity contribution is 5.02. The zero-order chi connectivity index (χ0) is 11.3. The Labute approximate surface area is 91.2 Å². The van der Waals surface area contributed by atoms with Crippen molar-refractivity contribution in [1.29, 1.82) is 0 Å². The van der Waals surface area contributed by atoms with E-state index >= 15 is 0 Å². The van der Waals surface area contributed by atoms with Gasteiger partial charge in [-0.2, -0.15) is 0 Å². The highest BCUT2D eigenvalue weighted by Crippen LogP contribution is 2.03. The summed E-state index contributed by atoms with van der Waals surface area (Å²) in [4.78, 5) is 0. The van der Waals surface area contributed by atoms with E-state index in [4.69, 9.17) is 10.3 Å². The van der Waals surface area contributed by atoms with Crippen molar-refractivity contribution in [2.24, 2.45) is 11.7 Å². The molecular formula is C11H21N3O. The summed E-state index contributed by atoms with van der Waals surface area (Å²) < 4.78 is 4.97. The first-order valence-corrected chi connectivity index (χ1v) is 5.46. The first-order chi connectivity index (χ1) is 7.08. The minimum Gasteiger partial charge on any atom is -0.361 e. The van der Waals surface area contributed by atoms with Crippen LogP contribution in [0.5, 0.6) is 0 Å². The lowest BCUT2D eigenvalue weighted by Gasteiger charge is -2.13. The lowest BCUT2D eigenvalue weighted by Crippen LogP contribution is -2.34. The SMILES string of the molecule is Cc1cc(CNCC(N)CC(C)C)no1. The maximum Gasteiger partial charge on any atom is 0.133 e. The van der Waals surface area contributed by atoms with Crippen LogP contribution in [0.4, 0.5) is 0 Å². The van der Waals surface area contributed by atoms with Gasteiger partial charge in [0.15, 0.2) is 0 Å². The second-order valence-corrected chi connectivity index (χ2v) is 4.45. The van der Waals surface area contributed by atoms with Crippen LogP contribution in [0.3, 0.4) is 0 Å². The van der Waals surface area contributed by atoms with Crippen LogP contribution < -0.4 is 11.1 Å². The van der Waals surface area contributed by atoms with Gasteiger partial charge in [0.25, 0.3) is 0 Å². The van der Waals surface area contributed by atoms with E-state index in [9.17, 15) is 0 Å². The quantitative estimate of drug-likeness (QED) is 0.747. The van der Waals surface area contributed by atoms with Crippen LogP contribution in [0.1, 0.15) is 31.7 Å². The van der Waals surface area contributed by atoms with Crippen LogP contribution in [-0.4, -0.2) is 17.7 Å². The monoisotopic (exact) mass is 211 g/mol. The summed E-state index contributed by atoms with van der Waals surface area (Å²) in [6, 6.07) is 2.15. The summed E-state index contributed by atoms with van der Waals surface area (Å²) in [5.74, 6) is 1.49. The van der Waals surface area contributed by atoms with E-state index in [1.807, 2.05) is 13.0 Å². The number of rotatable bonds is 6. The van der Waals surface area contributed by atoms with Crippen molar-refractivity contribution in [3.05, 3.63) is 17.5 Å². The molecule has 0 bridgehead atoms. The number of hydrogen-bond donors (Lipinski definition) is 2. The van der Waals surface area contributed by atoms with Crippen LogP contribution in [0.25, 0.3) is 0 Å². The minimum absolute atomic E-state index is 0.220. The Balaban J connectivity index is 2.16. The van der Waals surface area contributed by atoms with E-state index in [0.29, 0.717) is 5.92 Å². The highest BCUT2D eigenvalue weighted by atomic mass is 16.5. The van der Waals surface area contributed by atoms with E-state index < -0.39 is 0 Å². The minimum atomic E-state index is 0.220. The zero-order valence-corrected chi connectivity index (χ0v) is 9.79. The maximum atomic E-state index is 5.94. The lowest BCUT2D eigenvalue weighted by atomic mass is 10.0. The van der Waals surface area contributed by atoms with E-state index in [2.05, 4.69) is 24.3 Å². The molecule has 15 heavy (non-hydrogen) atoms. The predicted molar refractivity (Wildman–Crippen MR) is 60.4 cm³/mol. The molecule has 0 saturated heterocycles. The fraction of sp³-hybridized carbons (Fsp3) is 0.727. The third kappa shape index (κ3) is 4.95. The molecule has 1 rings (SSSR count). The molecule has 1 heterocycles. The molecule has 0 aromatic carbocycles. The number of nitrogens with two attached hydrogens (primary N) is 1. The number of nitrogens with zero attached hydrogens (tertiary/aromatic N) is 1. The van der Waals surface area contributed by atoms with E-state index in [1.165, 1.54) is 0 Å². The maximum absolute atomic E-state index is 5.94. The average Bonchev–Trinajstić information content (AvgIpc) is 2.50. The molecular weight excluding hydrogens is 190 g/mol. The molecule has 1 unspecified atom stereocenters. The van der Waals surface area contributed by atoms with Gasteiger partial charge in [0.05, 0.1) is 5.69 Å². The Bertz CT molecular complexity index is 283. The number of aryl methyl sites for hydroxylation is 1. The molecule has 1 aromatic rings. The number of nitrogens with one attached hydrogen (secondary N) is 1. The second kappa shape index (κ2) is 5.88. The van der Waals surface area contributed by atoms with Gasteiger partial charge in [0, 0.05) is 25.2 Å². The summed E-state index contributed by atoms with van der Waals surface area (Å²) in [5.41, 5.74) is 6.87. The van der Waals surface area contributed by atoms with Gasteiger partial charge in [-0.25, -0.2) is 0 Å². The first-order valence-electron chi connectivity index (χ1n) is 5.46. The van der Waals surface area contributed by atoms with Crippen LogP contribution in [0.2, 0.25) is 0 Å². The Kier molecular flexibility index (Phi) is 4.78. The molecule has 1 atom stereocenters. The molecule has 4 nitrogen and oxygen atoms in total. The molecule has 0 saturated carbocycles. The van der Waals surface area contributed by atoms with Gasteiger partial charge >= 0.3 is 0 Å². The van der Waals surface area contributed by atoms with Gasteiger partial charge in [0.2, 0.25) is 0 Å². The van der Waals surface area contributed by atoms with Crippen LogP contribution >= 0.6 is 0 Å². The van der Waals surface area contributed by atoms with Gasteiger partial charge < -0.3 is 15.6 Å². The molecule has 0 fully saturated rings. The lowest BCUT2D eigenvalue weighted by molar-refractivity contribution is 0.386. The highest BCUT2D eigenvalue weighted by Gasteiger charge is 2.05. The summed E-state index contributed by atoms with van der Waals surface area (Å²) in [6.07, 6.45) is 1.05. The molecule has 0 aliphatic heterocycles. The van der Waals surface area contributed by atoms with Crippen LogP contribution in [0, 0.1) is 12.8 Å². The number of hydrogen-bond acceptors (Lipinski definition) is 4. The largest absolute Gasteiger partial charge is 0.361 e. The second-order valence-electron chi connectivity index (χ2n) is 4.45. The van der Waals surface area contributed by atoms with Gasteiger partial charge in [-0.3, -0.25) is 0 Å². The molecule has 0 amide bonds. The normalized spacial score (nSPS) is 13.4. The smallest absolute Gasteiger partial charge is 0.133 e. The zero-order valence-electron chi connectivity index (χ0n) is 9.79. The van der Waals surface area contributed by atoms with E-state index in [0.717, 1.165) is 31.0 Å². The fourth-order valence-electron chi connectivity index (χ4n) is 1.58. The fourth-order valence-corrected chi connectivity index (χ4v) is 1.58. The van der Waals surface area contributed by atoms with Gasteiger partial charge in [-0.1, -0.05) is 19.0 Å². The molecule has 86 valence electrons. The third-order valence-electron chi connectivity index (χ3n) is 2.16. The van der Waals surface area contributed by atoms with Gasteiger partial charge in [-0.05, 0) is 19.3 Å². The third-order valence-corrected chi connectivity index (χ3v) is 2.16. The van der Waals surface area contributed by atoms with Crippen molar-refractivity contribution in [2.75, 3.05) is 6.54 Å². The Morgan fingerprint density at radius 2 is 2.27 bits per heavy atom. The molecule has 4 heteroatoms.